The number of aryl methyl sites for hydroxylation is 1. The zero-order valence-corrected chi connectivity index (χ0v) is 18.8. The van der Waals surface area contributed by atoms with E-state index >= 15 is 0 Å². The molecule has 0 atom stereocenters. The summed E-state index contributed by atoms with van der Waals surface area (Å²) < 4.78 is 23.2. The molecule has 0 aliphatic heterocycles. The predicted octanol–water partition coefficient (Wildman–Crippen LogP) is 4.14. The summed E-state index contributed by atoms with van der Waals surface area (Å²) in [7, 11) is -3.25. The molecule has 158 valence electrons. The van der Waals surface area contributed by atoms with Crippen LogP contribution in [0.25, 0.3) is 0 Å². The number of sulfone groups is 1. The van der Waals surface area contributed by atoms with Crippen molar-refractivity contribution in [2.45, 2.75) is 24.8 Å². The smallest absolute Gasteiger partial charge is 0.238 e. The highest BCUT2D eigenvalue weighted by Crippen LogP contribution is 2.18. The zero-order valence-electron chi connectivity index (χ0n) is 17.2. The fourth-order valence-corrected chi connectivity index (χ4v) is 4.69. The first kappa shape index (κ1) is 22.2. The van der Waals surface area contributed by atoms with Gasteiger partial charge < -0.3 is 5.32 Å². The topological polar surface area (TPSA) is 66.5 Å². The molecule has 1 aromatic heterocycles. The van der Waals surface area contributed by atoms with E-state index in [9.17, 15) is 13.2 Å². The maximum Gasteiger partial charge on any atom is 0.238 e. The Labute approximate surface area is 182 Å². The minimum absolute atomic E-state index is 0.122. The summed E-state index contributed by atoms with van der Waals surface area (Å²) in [6.07, 6.45) is 2.03. The highest BCUT2D eigenvalue weighted by atomic mass is 32.2. The van der Waals surface area contributed by atoms with Gasteiger partial charge in [0.2, 0.25) is 5.91 Å². The van der Waals surface area contributed by atoms with Gasteiger partial charge in [0.25, 0.3) is 0 Å². The second-order valence-corrected chi connectivity index (χ2v) is 10.7. The van der Waals surface area contributed by atoms with Crippen LogP contribution >= 0.6 is 11.3 Å². The molecule has 0 spiro atoms. The van der Waals surface area contributed by atoms with E-state index in [1.165, 1.54) is 27.5 Å². The van der Waals surface area contributed by atoms with Crippen molar-refractivity contribution in [3.63, 3.8) is 0 Å². The van der Waals surface area contributed by atoms with Crippen LogP contribution in [0.1, 0.15) is 15.3 Å². The molecule has 0 saturated carbocycles. The summed E-state index contributed by atoms with van der Waals surface area (Å²) in [6, 6.07) is 20.7. The van der Waals surface area contributed by atoms with Crippen LogP contribution in [0.2, 0.25) is 0 Å². The first-order chi connectivity index (χ1) is 14.3. The Hall–Kier alpha value is -2.48. The Morgan fingerprint density at radius 3 is 2.30 bits per heavy atom. The lowest BCUT2D eigenvalue weighted by atomic mass is 10.1. The zero-order chi connectivity index (χ0) is 21.6. The van der Waals surface area contributed by atoms with Crippen molar-refractivity contribution in [2.24, 2.45) is 0 Å². The van der Waals surface area contributed by atoms with Crippen molar-refractivity contribution in [1.29, 1.82) is 0 Å². The van der Waals surface area contributed by atoms with Crippen LogP contribution in [0.15, 0.2) is 71.6 Å². The van der Waals surface area contributed by atoms with E-state index < -0.39 is 9.84 Å². The van der Waals surface area contributed by atoms with Gasteiger partial charge in [0.1, 0.15) is 0 Å². The largest absolute Gasteiger partial charge is 0.325 e. The highest BCUT2D eigenvalue weighted by Gasteiger charge is 2.14. The van der Waals surface area contributed by atoms with E-state index in [2.05, 4.69) is 41.4 Å². The fraction of sp³-hybridized carbons (Fsp3) is 0.261. The third kappa shape index (κ3) is 6.79. The van der Waals surface area contributed by atoms with E-state index in [4.69, 9.17) is 0 Å². The number of hydrogen-bond donors (Lipinski definition) is 1. The predicted molar refractivity (Wildman–Crippen MR) is 123 cm³/mol. The summed E-state index contributed by atoms with van der Waals surface area (Å²) in [6.45, 7) is 3.82. The number of thiophene rings is 1. The number of benzene rings is 2. The molecule has 30 heavy (non-hydrogen) atoms. The monoisotopic (exact) mass is 442 g/mol. The van der Waals surface area contributed by atoms with Crippen LogP contribution in [0.5, 0.6) is 0 Å². The maximum atomic E-state index is 12.6. The molecule has 0 saturated heterocycles. The molecule has 0 radical (unpaired) electrons. The van der Waals surface area contributed by atoms with Crippen LogP contribution < -0.4 is 5.32 Å². The summed E-state index contributed by atoms with van der Waals surface area (Å²) in [5, 5.41) is 2.87. The molecular formula is C23H26N2O3S2. The molecular weight excluding hydrogens is 416 g/mol. The minimum atomic E-state index is -3.25. The van der Waals surface area contributed by atoms with Crippen LogP contribution in [0, 0.1) is 6.92 Å². The van der Waals surface area contributed by atoms with Gasteiger partial charge in [0, 0.05) is 34.8 Å². The molecule has 7 heteroatoms. The maximum absolute atomic E-state index is 12.6. The molecule has 0 aliphatic rings. The van der Waals surface area contributed by atoms with Crippen molar-refractivity contribution < 1.29 is 13.2 Å². The molecule has 3 aromatic rings. The van der Waals surface area contributed by atoms with Crippen LogP contribution in [-0.2, 0) is 27.6 Å². The summed E-state index contributed by atoms with van der Waals surface area (Å²) >= 11 is 1.74. The molecule has 5 nitrogen and oxygen atoms in total. The van der Waals surface area contributed by atoms with Crippen molar-refractivity contribution in [3.05, 3.63) is 82.0 Å². The fourth-order valence-electron chi connectivity index (χ4n) is 3.13. The van der Waals surface area contributed by atoms with E-state index in [-0.39, 0.29) is 17.3 Å². The Morgan fingerprint density at radius 2 is 1.70 bits per heavy atom. The number of rotatable bonds is 9. The van der Waals surface area contributed by atoms with Gasteiger partial charge in [0.05, 0.1) is 11.4 Å². The molecule has 0 aliphatic carbocycles. The quantitative estimate of drug-likeness (QED) is 0.541. The average molecular weight is 443 g/mol. The Bertz CT molecular complexity index is 1080. The van der Waals surface area contributed by atoms with Gasteiger partial charge in [-0.3, -0.25) is 9.69 Å². The molecule has 1 heterocycles. The molecule has 0 fully saturated rings. The summed E-state index contributed by atoms with van der Waals surface area (Å²) in [5.41, 5.74) is 1.82. The van der Waals surface area contributed by atoms with Gasteiger partial charge in [0.15, 0.2) is 9.84 Å². The SMILES string of the molecule is Cc1ccc(CN(CCc2ccccc2)CC(=O)Nc2ccc(S(C)(=O)=O)cc2)s1. The normalized spacial score (nSPS) is 11.6. The second-order valence-electron chi connectivity index (χ2n) is 7.30. The minimum Gasteiger partial charge on any atom is -0.325 e. The lowest BCUT2D eigenvalue weighted by molar-refractivity contribution is -0.117. The second kappa shape index (κ2) is 10.0. The first-order valence-corrected chi connectivity index (χ1v) is 12.4. The Balaban J connectivity index is 1.64. The standard InChI is InChI=1S/C23H26N2O3S2/c1-18-8-11-21(29-18)16-25(15-14-19-6-4-3-5-7-19)17-23(26)24-20-9-12-22(13-10-20)30(2,27)28/h3-13H,14-17H2,1-2H3,(H,24,26). The van der Waals surface area contributed by atoms with Gasteiger partial charge in [-0.05, 0) is 55.3 Å². The molecule has 1 amide bonds. The number of carbonyl (C=O) groups is 1. The van der Waals surface area contributed by atoms with E-state index in [0.717, 1.165) is 19.2 Å². The van der Waals surface area contributed by atoms with E-state index in [1.54, 1.807) is 23.5 Å². The molecule has 3 rings (SSSR count). The van der Waals surface area contributed by atoms with Gasteiger partial charge in [-0.25, -0.2) is 8.42 Å². The van der Waals surface area contributed by atoms with Gasteiger partial charge in [-0.1, -0.05) is 30.3 Å². The summed E-state index contributed by atoms with van der Waals surface area (Å²) in [5.74, 6) is -0.122. The van der Waals surface area contributed by atoms with Gasteiger partial charge in [-0.2, -0.15) is 0 Å². The third-order valence-electron chi connectivity index (χ3n) is 4.67. The third-order valence-corrected chi connectivity index (χ3v) is 6.78. The lowest BCUT2D eigenvalue weighted by Gasteiger charge is -2.21. The van der Waals surface area contributed by atoms with Gasteiger partial charge in [-0.15, -0.1) is 11.3 Å². The number of nitrogens with one attached hydrogen (secondary N) is 1. The van der Waals surface area contributed by atoms with Crippen LogP contribution in [0.4, 0.5) is 5.69 Å². The van der Waals surface area contributed by atoms with Crippen molar-refractivity contribution in [2.75, 3.05) is 24.7 Å². The van der Waals surface area contributed by atoms with E-state index in [0.29, 0.717) is 12.2 Å². The number of anilines is 1. The van der Waals surface area contributed by atoms with Crippen molar-refractivity contribution >= 4 is 32.8 Å². The van der Waals surface area contributed by atoms with Crippen molar-refractivity contribution in [1.82, 2.24) is 4.90 Å². The highest BCUT2D eigenvalue weighted by molar-refractivity contribution is 7.90. The average Bonchev–Trinajstić information content (AvgIpc) is 3.11. The lowest BCUT2D eigenvalue weighted by Crippen LogP contribution is -2.34. The molecule has 0 bridgehead atoms. The number of hydrogen-bond acceptors (Lipinski definition) is 5. The van der Waals surface area contributed by atoms with Gasteiger partial charge >= 0.3 is 0 Å². The number of amides is 1. The Morgan fingerprint density at radius 1 is 1.00 bits per heavy atom. The molecule has 1 N–H and O–H groups in total. The number of carbonyl (C=O) groups excluding carboxylic acids is 1. The number of nitrogens with zero attached hydrogens (tertiary/aromatic N) is 1. The first-order valence-electron chi connectivity index (χ1n) is 9.71. The van der Waals surface area contributed by atoms with Crippen LogP contribution in [0.3, 0.4) is 0 Å². The van der Waals surface area contributed by atoms with Crippen molar-refractivity contribution in [3.8, 4) is 0 Å². The van der Waals surface area contributed by atoms with E-state index in [1.807, 2.05) is 18.2 Å². The summed E-state index contributed by atoms with van der Waals surface area (Å²) in [4.78, 5) is 17.5. The molecule has 0 unspecified atom stereocenters. The Kier molecular flexibility index (Phi) is 7.42. The van der Waals surface area contributed by atoms with Crippen LogP contribution in [-0.4, -0.2) is 38.6 Å². The molecule has 2 aromatic carbocycles.